The van der Waals surface area contributed by atoms with Crippen molar-refractivity contribution in [3.8, 4) is 0 Å². The van der Waals surface area contributed by atoms with Crippen molar-refractivity contribution in [2.24, 2.45) is 0 Å². The Morgan fingerprint density at radius 3 is 2.50 bits per heavy atom. The number of nitrogens with two attached hydrogens (primary N) is 2. The third-order valence-corrected chi connectivity index (χ3v) is 12.2. The van der Waals surface area contributed by atoms with Gasteiger partial charge in [0.25, 0.3) is 0 Å². The first kappa shape index (κ1) is 20.3. The Morgan fingerprint density at radius 2 is 1.87 bits per heavy atom. The lowest BCUT2D eigenvalue weighted by atomic mass is 10.1. The molecule has 162 valence electrons. The van der Waals surface area contributed by atoms with Crippen LogP contribution in [0.1, 0.15) is 41.5 Å². The molecular formula is C18H28N6O4Si2. The fourth-order valence-corrected chi connectivity index (χ4v) is 11.5. The van der Waals surface area contributed by atoms with Gasteiger partial charge in [-0.15, -0.1) is 0 Å². The van der Waals surface area contributed by atoms with E-state index >= 15 is 0 Å². The van der Waals surface area contributed by atoms with Crippen LogP contribution < -0.4 is 11.5 Å². The number of anilines is 2. The molecule has 0 spiro atoms. The van der Waals surface area contributed by atoms with E-state index in [0.29, 0.717) is 17.8 Å². The Balaban J connectivity index is 1.66. The average Bonchev–Trinajstić information content (AvgIpc) is 2.87. The van der Waals surface area contributed by atoms with Crippen LogP contribution in [0.4, 0.5) is 11.8 Å². The van der Waals surface area contributed by atoms with Gasteiger partial charge in [-0.25, -0.2) is 4.98 Å². The lowest BCUT2D eigenvalue weighted by molar-refractivity contribution is -0.0831. The summed E-state index contributed by atoms with van der Waals surface area (Å²) in [6.07, 6.45) is 0.801. The zero-order valence-electron chi connectivity index (χ0n) is 18.1. The Hall–Kier alpha value is -1.58. The minimum absolute atomic E-state index is 0.0556. The third-order valence-electron chi connectivity index (χ3n) is 6.00. The summed E-state index contributed by atoms with van der Waals surface area (Å²) in [4.78, 5) is 12.8. The molecule has 3 aliphatic rings. The highest BCUT2D eigenvalue weighted by Gasteiger charge is 2.92. The second kappa shape index (κ2) is 5.81. The fraction of sp³-hybridized carbons (Fsp3) is 0.722. The number of hydrogen-bond acceptors (Lipinski definition) is 9. The molecule has 30 heavy (non-hydrogen) atoms. The number of hydrogen-bond donors (Lipinski definition) is 3. The predicted octanol–water partition coefficient (Wildman–Crippen LogP) is 0.864. The van der Waals surface area contributed by atoms with Crippen molar-refractivity contribution in [2.75, 3.05) is 18.1 Å². The highest BCUT2D eigenvalue weighted by Crippen LogP contribution is 2.70. The predicted molar refractivity (Wildman–Crippen MR) is 114 cm³/mol. The van der Waals surface area contributed by atoms with Crippen molar-refractivity contribution in [3.05, 3.63) is 6.33 Å². The van der Waals surface area contributed by atoms with Crippen molar-refractivity contribution >= 4 is 41.0 Å². The van der Waals surface area contributed by atoms with Crippen LogP contribution in [0.5, 0.6) is 0 Å². The Bertz CT molecular complexity index is 1040. The smallest absolute Gasteiger partial charge is 0.390 e. The number of imidazole rings is 1. The number of nitrogens with zero attached hydrogens (tertiary/aromatic N) is 4. The normalized spacial score (nSPS) is 34.9. The quantitative estimate of drug-likeness (QED) is 0.541. The summed E-state index contributed by atoms with van der Waals surface area (Å²) in [7, 11) is -3.16. The van der Waals surface area contributed by atoms with Crippen molar-refractivity contribution in [1.82, 2.24) is 19.5 Å². The Labute approximate surface area is 178 Å². The van der Waals surface area contributed by atoms with Gasteiger partial charge in [0, 0.05) is 5.04 Å². The average molecular weight is 449 g/mol. The van der Waals surface area contributed by atoms with Gasteiger partial charge in [0.1, 0.15) is 22.9 Å². The van der Waals surface area contributed by atoms with Crippen molar-refractivity contribution in [3.63, 3.8) is 0 Å². The third kappa shape index (κ3) is 2.40. The summed E-state index contributed by atoms with van der Waals surface area (Å²) in [5, 5.41) is 9.71. The summed E-state index contributed by atoms with van der Waals surface area (Å²) < 4.78 is 20.9. The second-order valence-electron chi connectivity index (χ2n) is 10.3. The summed E-state index contributed by atoms with van der Waals surface area (Å²) in [6.45, 7) is 13.1. The molecule has 3 aliphatic heterocycles. The molecule has 2 aromatic rings. The zero-order chi connectivity index (χ0) is 21.9. The fourth-order valence-electron chi connectivity index (χ4n) is 5.00. The van der Waals surface area contributed by atoms with Crippen LogP contribution in [-0.2, 0) is 18.9 Å². The molecule has 0 aromatic carbocycles. The van der Waals surface area contributed by atoms with E-state index in [1.165, 1.54) is 0 Å². The van der Waals surface area contributed by atoms with Crippen LogP contribution in [0.2, 0.25) is 10.1 Å². The first-order valence-electron chi connectivity index (χ1n) is 10.0. The molecule has 3 saturated heterocycles. The number of aliphatic hydroxyl groups is 1. The molecule has 0 aliphatic carbocycles. The topological polar surface area (TPSA) is 144 Å². The highest BCUT2D eigenvalue weighted by atomic mass is 28.3. The molecule has 2 radical (unpaired) electrons. The Kier molecular flexibility index (Phi) is 3.94. The van der Waals surface area contributed by atoms with Gasteiger partial charge in [-0.1, -0.05) is 41.5 Å². The van der Waals surface area contributed by atoms with E-state index in [0.717, 1.165) is 0 Å². The molecule has 10 nitrogen and oxygen atoms in total. The maximum Gasteiger partial charge on any atom is 0.391 e. The number of fused-ring (bicyclic) bond motifs is 4. The zero-order valence-corrected chi connectivity index (χ0v) is 20.1. The molecule has 0 saturated carbocycles. The van der Waals surface area contributed by atoms with Gasteiger partial charge in [-0.2, -0.15) is 9.97 Å². The lowest BCUT2D eigenvalue weighted by Crippen LogP contribution is -2.55. The van der Waals surface area contributed by atoms with Gasteiger partial charge in [-0.3, -0.25) is 4.57 Å². The van der Waals surface area contributed by atoms with E-state index in [4.69, 9.17) is 25.1 Å². The molecule has 12 heteroatoms. The largest absolute Gasteiger partial charge is 0.391 e. The van der Waals surface area contributed by atoms with E-state index in [1.807, 2.05) is 4.57 Å². The maximum absolute atomic E-state index is 12.2. The molecule has 5 heterocycles. The van der Waals surface area contributed by atoms with Crippen LogP contribution in [0, 0.1) is 0 Å². The van der Waals surface area contributed by atoms with Gasteiger partial charge in [0.2, 0.25) is 5.95 Å². The van der Waals surface area contributed by atoms with Crippen LogP contribution in [0.3, 0.4) is 0 Å². The highest BCUT2D eigenvalue weighted by molar-refractivity contribution is 6.80. The first-order valence-corrected chi connectivity index (χ1v) is 12.9. The van der Waals surface area contributed by atoms with E-state index < -0.39 is 34.8 Å². The van der Waals surface area contributed by atoms with E-state index in [-0.39, 0.29) is 27.9 Å². The van der Waals surface area contributed by atoms with E-state index in [1.54, 1.807) is 6.33 Å². The minimum Gasteiger partial charge on any atom is -0.390 e. The van der Waals surface area contributed by atoms with Gasteiger partial charge in [-0.05, 0) is 5.04 Å². The molecule has 2 aromatic heterocycles. The number of ether oxygens (including phenoxy) is 1. The van der Waals surface area contributed by atoms with Crippen LogP contribution >= 0.6 is 0 Å². The number of nitrogen functional groups attached to an aromatic ring is 2. The van der Waals surface area contributed by atoms with Crippen LogP contribution in [-0.4, -0.2) is 66.7 Å². The van der Waals surface area contributed by atoms with Gasteiger partial charge in [0.15, 0.2) is 25.6 Å². The van der Waals surface area contributed by atoms with E-state index in [2.05, 4.69) is 56.5 Å². The Morgan fingerprint density at radius 1 is 1.17 bits per heavy atom. The SMILES string of the molecule is CC(C)(C)[Si]1OC[C@H]2O[C@]3(n4cnc5c(N)nc(N)nc54)[Si](C(C)(C)C)[C@@]3(O)[C@@H]2O1. The molecular weight excluding hydrogens is 420 g/mol. The van der Waals surface area contributed by atoms with Gasteiger partial charge in [0.05, 0.1) is 12.9 Å². The van der Waals surface area contributed by atoms with Crippen molar-refractivity contribution < 1.29 is 18.7 Å². The van der Waals surface area contributed by atoms with Crippen molar-refractivity contribution in [1.29, 1.82) is 0 Å². The summed E-state index contributed by atoms with van der Waals surface area (Å²) in [5.41, 5.74) is 12.8. The summed E-state index contributed by atoms with van der Waals surface area (Å²) in [6, 6.07) is 0. The van der Waals surface area contributed by atoms with Crippen molar-refractivity contribution in [2.45, 2.75) is 74.4 Å². The molecule has 5 rings (SSSR count). The monoisotopic (exact) mass is 448 g/mol. The summed E-state index contributed by atoms with van der Waals surface area (Å²) in [5.74, 6) is 0.259. The van der Waals surface area contributed by atoms with Gasteiger partial charge >= 0.3 is 9.28 Å². The van der Waals surface area contributed by atoms with E-state index in [9.17, 15) is 5.11 Å². The second-order valence-corrected chi connectivity index (χ2v) is 16.6. The van der Waals surface area contributed by atoms with Crippen LogP contribution in [0.15, 0.2) is 6.33 Å². The van der Waals surface area contributed by atoms with Crippen LogP contribution in [0.25, 0.3) is 11.2 Å². The minimum atomic E-state index is -1.59. The molecule has 5 N–H and O–H groups in total. The molecule has 0 bridgehead atoms. The summed E-state index contributed by atoms with van der Waals surface area (Å²) >= 11 is 0. The molecule has 0 unspecified atom stereocenters. The molecule has 3 fully saturated rings. The number of aromatic nitrogens is 4. The lowest BCUT2D eigenvalue weighted by Gasteiger charge is -2.39. The molecule has 0 amide bonds. The molecule has 4 atom stereocenters. The maximum atomic E-state index is 12.2. The first-order chi connectivity index (χ1) is 13.8. The standard InChI is InChI=1S/C18H28N6O4Si2/c1-15(2,3)29-17(25)11-9(7-26-30(28-11)16(4,5)6)27-18(17,29)24-8-21-10-12(19)22-14(20)23-13(10)24/h8-9,11,25H,7H2,1-6H3,(H4,19,20,22,23)/t9-,11-,17+,18+/m1/s1. The van der Waals surface area contributed by atoms with Gasteiger partial charge < -0.3 is 30.2 Å². The number of rotatable bonds is 1.